The van der Waals surface area contributed by atoms with E-state index in [1.54, 1.807) is 6.92 Å². The van der Waals surface area contributed by atoms with Gasteiger partial charge in [0.15, 0.2) is 0 Å². The second kappa shape index (κ2) is 5.83. The lowest BCUT2D eigenvalue weighted by molar-refractivity contribution is 0.458. The Kier molecular flexibility index (Phi) is 4.03. The number of H-pyrrole nitrogens is 1. The van der Waals surface area contributed by atoms with Gasteiger partial charge in [-0.15, -0.1) is 0 Å². The highest BCUT2D eigenvalue weighted by Gasteiger charge is 2.40. The van der Waals surface area contributed by atoms with Crippen molar-refractivity contribution in [3.8, 4) is 0 Å². The molecule has 2 aromatic rings. The van der Waals surface area contributed by atoms with Crippen LogP contribution in [0.5, 0.6) is 0 Å². The number of aromatic amines is 1. The lowest BCUT2D eigenvalue weighted by Crippen LogP contribution is -2.30. The van der Waals surface area contributed by atoms with E-state index >= 15 is 0 Å². The molecule has 1 aliphatic heterocycles. The summed E-state index contributed by atoms with van der Waals surface area (Å²) >= 11 is 0. The van der Waals surface area contributed by atoms with Crippen LogP contribution in [-0.2, 0) is 10.0 Å². The Morgan fingerprint density at radius 2 is 2.05 bits per heavy atom. The first-order chi connectivity index (χ1) is 10.5. The van der Waals surface area contributed by atoms with E-state index in [1.165, 1.54) is 10.5 Å². The fourth-order valence-electron chi connectivity index (χ4n) is 3.08. The van der Waals surface area contributed by atoms with Crippen molar-refractivity contribution in [1.29, 1.82) is 0 Å². The number of aromatic nitrogens is 2. The van der Waals surface area contributed by atoms with Crippen molar-refractivity contribution in [2.24, 2.45) is 11.7 Å². The smallest absolute Gasteiger partial charge is 0.246 e. The summed E-state index contributed by atoms with van der Waals surface area (Å²) in [6, 6.07) is 9.97. The summed E-state index contributed by atoms with van der Waals surface area (Å²) < 4.78 is 27.1. The van der Waals surface area contributed by atoms with Gasteiger partial charge in [-0.25, -0.2) is 8.42 Å². The van der Waals surface area contributed by atoms with E-state index in [-0.39, 0.29) is 16.7 Å². The molecule has 2 heterocycles. The van der Waals surface area contributed by atoms with Gasteiger partial charge in [0.25, 0.3) is 0 Å². The first-order valence-corrected chi connectivity index (χ1v) is 8.73. The molecule has 0 bridgehead atoms. The zero-order valence-corrected chi connectivity index (χ0v) is 13.3. The van der Waals surface area contributed by atoms with Crippen LogP contribution < -0.4 is 5.73 Å². The van der Waals surface area contributed by atoms with E-state index in [0.717, 1.165) is 5.56 Å². The largest absolute Gasteiger partial charge is 0.330 e. The van der Waals surface area contributed by atoms with Crippen molar-refractivity contribution in [3.63, 3.8) is 0 Å². The maximum Gasteiger partial charge on any atom is 0.246 e. The third kappa shape index (κ3) is 2.55. The van der Waals surface area contributed by atoms with Crippen LogP contribution in [0.4, 0.5) is 0 Å². The van der Waals surface area contributed by atoms with Crippen molar-refractivity contribution < 1.29 is 8.42 Å². The lowest BCUT2D eigenvalue weighted by Gasteiger charge is -2.16. The van der Waals surface area contributed by atoms with Crippen LogP contribution in [0.25, 0.3) is 0 Å². The van der Waals surface area contributed by atoms with Crippen molar-refractivity contribution in [2.45, 2.75) is 17.7 Å². The molecule has 0 radical (unpaired) electrons. The van der Waals surface area contributed by atoms with Gasteiger partial charge in [0, 0.05) is 19.0 Å². The molecule has 0 amide bonds. The Bertz CT molecular complexity index is 742. The van der Waals surface area contributed by atoms with Gasteiger partial charge in [-0.2, -0.15) is 9.40 Å². The molecule has 2 atom stereocenters. The average Bonchev–Trinajstić information content (AvgIpc) is 3.14. The van der Waals surface area contributed by atoms with Gasteiger partial charge in [-0.1, -0.05) is 30.3 Å². The second-order valence-electron chi connectivity index (χ2n) is 5.69. The first kappa shape index (κ1) is 15.2. The van der Waals surface area contributed by atoms with E-state index in [0.29, 0.717) is 25.3 Å². The number of hydrogen-bond acceptors (Lipinski definition) is 4. The molecule has 0 aliphatic carbocycles. The lowest BCUT2D eigenvalue weighted by atomic mass is 9.89. The number of benzene rings is 1. The molecule has 0 unspecified atom stereocenters. The minimum Gasteiger partial charge on any atom is -0.330 e. The molecular weight excluding hydrogens is 300 g/mol. The molecule has 6 nitrogen and oxygen atoms in total. The monoisotopic (exact) mass is 320 g/mol. The Hall–Kier alpha value is -1.70. The summed E-state index contributed by atoms with van der Waals surface area (Å²) in [5, 5.41) is 6.51. The summed E-state index contributed by atoms with van der Waals surface area (Å²) in [6.45, 7) is 3.09. The third-order valence-electron chi connectivity index (χ3n) is 4.34. The van der Waals surface area contributed by atoms with E-state index in [9.17, 15) is 8.42 Å². The molecule has 1 saturated heterocycles. The molecule has 7 heteroatoms. The highest BCUT2D eigenvalue weighted by molar-refractivity contribution is 7.89. The van der Waals surface area contributed by atoms with Gasteiger partial charge >= 0.3 is 0 Å². The van der Waals surface area contributed by atoms with E-state index in [4.69, 9.17) is 5.73 Å². The minimum atomic E-state index is -3.53. The second-order valence-corrected chi connectivity index (χ2v) is 7.60. The number of nitrogens with one attached hydrogen (secondary N) is 1. The van der Waals surface area contributed by atoms with Gasteiger partial charge in [0.1, 0.15) is 4.90 Å². The summed E-state index contributed by atoms with van der Waals surface area (Å²) in [4.78, 5) is 0.247. The fourth-order valence-corrected chi connectivity index (χ4v) is 4.72. The number of sulfonamides is 1. The van der Waals surface area contributed by atoms with Crippen LogP contribution in [0.1, 0.15) is 17.2 Å². The molecule has 3 rings (SSSR count). The number of nitrogens with two attached hydrogens (primary N) is 1. The maximum absolute atomic E-state index is 12.8. The number of hydrogen-bond donors (Lipinski definition) is 2. The predicted octanol–water partition coefficient (Wildman–Crippen LogP) is 1.08. The molecule has 1 fully saturated rings. The Balaban J connectivity index is 1.90. The van der Waals surface area contributed by atoms with Gasteiger partial charge < -0.3 is 5.73 Å². The molecule has 0 saturated carbocycles. The average molecular weight is 320 g/mol. The van der Waals surface area contributed by atoms with Crippen molar-refractivity contribution in [1.82, 2.24) is 14.5 Å². The number of nitrogens with zero attached hydrogens (tertiary/aromatic N) is 2. The Morgan fingerprint density at radius 3 is 2.64 bits per heavy atom. The molecular formula is C15H20N4O2S. The Morgan fingerprint density at radius 1 is 1.32 bits per heavy atom. The SMILES string of the molecule is Cc1[nH]ncc1S(=O)(=O)N1C[C@@H](CN)[C@H](c2ccccc2)C1. The van der Waals surface area contributed by atoms with Gasteiger partial charge in [-0.05, 0) is 24.9 Å². The Labute approximate surface area is 130 Å². The molecule has 1 aromatic carbocycles. The first-order valence-electron chi connectivity index (χ1n) is 7.29. The maximum atomic E-state index is 12.8. The third-order valence-corrected chi connectivity index (χ3v) is 6.28. The zero-order valence-electron chi connectivity index (χ0n) is 12.4. The zero-order chi connectivity index (χ0) is 15.7. The van der Waals surface area contributed by atoms with Crippen molar-refractivity contribution in [2.75, 3.05) is 19.6 Å². The minimum absolute atomic E-state index is 0.129. The summed E-state index contributed by atoms with van der Waals surface area (Å²) in [5.74, 6) is 0.262. The van der Waals surface area contributed by atoms with Crippen LogP contribution in [-0.4, -0.2) is 42.6 Å². The molecule has 0 spiro atoms. The van der Waals surface area contributed by atoms with Crippen LogP contribution in [0.15, 0.2) is 41.4 Å². The molecule has 22 heavy (non-hydrogen) atoms. The summed E-state index contributed by atoms with van der Waals surface area (Å²) in [5.41, 5.74) is 7.58. The molecule has 3 N–H and O–H groups in total. The topological polar surface area (TPSA) is 92.1 Å². The molecule has 1 aromatic heterocycles. The quantitative estimate of drug-likeness (QED) is 0.882. The van der Waals surface area contributed by atoms with Crippen LogP contribution in [0.2, 0.25) is 0 Å². The highest BCUT2D eigenvalue weighted by Crippen LogP contribution is 2.35. The van der Waals surface area contributed by atoms with E-state index < -0.39 is 10.0 Å². The van der Waals surface area contributed by atoms with Crippen molar-refractivity contribution >= 4 is 10.0 Å². The predicted molar refractivity (Wildman–Crippen MR) is 83.8 cm³/mol. The van der Waals surface area contributed by atoms with Gasteiger partial charge in [0.2, 0.25) is 10.0 Å². The standard InChI is InChI=1S/C15H20N4O2S/c1-11-15(8-17-18-11)22(20,21)19-9-13(7-16)14(10-19)12-5-3-2-4-6-12/h2-6,8,13-14H,7,9-10,16H2,1H3,(H,17,18)/t13-,14+/m1/s1. The normalized spacial score (nSPS) is 23.0. The highest BCUT2D eigenvalue weighted by atomic mass is 32.2. The van der Waals surface area contributed by atoms with Gasteiger partial charge in [0.05, 0.1) is 11.9 Å². The van der Waals surface area contributed by atoms with Crippen molar-refractivity contribution in [3.05, 3.63) is 47.8 Å². The molecule has 118 valence electrons. The molecule has 1 aliphatic rings. The van der Waals surface area contributed by atoms with E-state index in [2.05, 4.69) is 10.2 Å². The van der Waals surface area contributed by atoms with Crippen LogP contribution in [0.3, 0.4) is 0 Å². The number of rotatable bonds is 4. The van der Waals surface area contributed by atoms with Crippen LogP contribution in [0, 0.1) is 12.8 Å². The fraction of sp³-hybridized carbons (Fsp3) is 0.400. The summed E-state index contributed by atoms with van der Waals surface area (Å²) in [7, 11) is -3.53. The van der Waals surface area contributed by atoms with Crippen LogP contribution >= 0.6 is 0 Å². The summed E-state index contributed by atoms with van der Waals surface area (Å²) in [6.07, 6.45) is 1.37. The number of aryl methyl sites for hydroxylation is 1. The van der Waals surface area contributed by atoms with Gasteiger partial charge in [-0.3, -0.25) is 5.10 Å². The van der Waals surface area contributed by atoms with E-state index in [1.807, 2.05) is 30.3 Å².